The quantitative estimate of drug-likeness (QED) is 0.689. The molecule has 0 aliphatic carbocycles. The number of benzene rings is 1. The second-order valence-corrected chi connectivity index (χ2v) is 8.97. The lowest BCUT2D eigenvalue weighted by Crippen LogP contribution is -2.49. The molecule has 0 unspecified atom stereocenters. The molecule has 3 heterocycles. The zero-order valence-corrected chi connectivity index (χ0v) is 15.0. The van der Waals surface area contributed by atoms with Gasteiger partial charge in [-0.25, -0.2) is 13.2 Å². The molecule has 25 heavy (non-hydrogen) atoms. The van der Waals surface area contributed by atoms with Crippen molar-refractivity contribution in [3.05, 3.63) is 52.3 Å². The van der Waals surface area contributed by atoms with Gasteiger partial charge in [0.25, 0.3) is 10.0 Å². The van der Waals surface area contributed by atoms with Crippen LogP contribution in [0.4, 0.5) is 0 Å². The van der Waals surface area contributed by atoms with E-state index in [0.717, 1.165) is 5.52 Å². The fourth-order valence-electron chi connectivity index (χ4n) is 3.00. The molecule has 0 bridgehead atoms. The summed E-state index contributed by atoms with van der Waals surface area (Å²) in [5, 5.41) is 1.76. The summed E-state index contributed by atoms with van der Waals surface area (Å²) in [7, 11) is -3.41. The van der Waals surface area contributed by atoms with Crippen molar-refractivity contribution < 1.29 is 12.8 Å². The van der Waals surface area contributed by atoms with Crippen LogP contribution in [0.25, 0.3) is 11.1 Å². The summed E-state index contributed by atoms with van der Waals surface area (Å²) in [6, 6.07) is 10.7. The smallest absolute Gasteiger partial charge is 0.408 e. The van der Waals surface area contributed by atoms with E-state index in [4.69, 9.17) is 4.42 Å². The van der Waals surface area contributed by atoms with Gasteiger partial charge in [-0.1, -0.05) is 18.2 Å². The van der Waals surface area contributed by atoms with Crippen LogP contribution in [-0.4, -0.2) is 48.4 Å². The van der Waals surface area contributed by atoms with Gasteiger partial charge in [0, 0.05) is 26.2 Å². The summed E-state index contributed by atoms with van der Waals surface area (Å²) in [5.74, 6) is -0.394. The van der Waals surface area contributed by atoms with E-state index in [1.807, 2.05) is 18.2 Å². The molecule has 0 spiro atoms. The zero-order valence-electron chi connectivity index (χ0n) is 13.4. The monoisotopic (exact) mass is 379 g/mol. The number of thiophene rings is 1. The normalized spacial score (nSPS) is 17.3. The van der Waals surface area contributed by atoms with Crippen LogP contribution in [0.3, 0.4) is 0 Å². The van der Waals surface area contributed by atoms with Gasteiger partial charge < -0.3 is 4.42 Å². The van der Waals surface area contributed by atoms with Crippen LogP contribution in [0.2, 0.25) is 0 Å². The van der Waals surface area contributed by atoms with Crippen LogP contribution in [0.1, 0.15) is 0 Å². The molecule has 0 saturated carbocycles. The minimum Gasteiger partial charge on any atom is -0.408 e. The first-order chi connectivity index (χ1) is 12.1. The summed E-state index contributed by atoms with van der Waals surface area (Å²) in [6.07, 6.45) is 0. The Morgan fingerprint density at radius 1 is 1.04 bits per heavy atom. The van der Waals surface area contributed by atoms with Gasteiger partial charge in [-0.2, -0.15) is 4.31 Å². The second kappa shape index (κ2) is 6.41. The minimum atomic E-state index is -3.41. The van der Waals surface area contributed by atoms with Gasteiger partial charge in [0.1, 0.15) is 4.21 Å². The SMILES string of the molecule is O=c1oc2ccccc2n1CN1CCN(S(=O)(=O)c2cccs2)CC1. The van der Waals surface area contributed by atoms with Crippen molar-refractivity contribution in [2.75, 3.05) is 26.2 Å². The number of nitrogens with zero attached hydrogens (tertiary/aromatic N) is 3. The molecule has 3 aromatic rings. The first-order valence-corrected chi connectivity index (χ1v) is 10.2. The summed E-state index contributed by atoms with van der Waals surface area (Å²) in [5.41, 5.74) is 1.31. The molecular formula is C16H17N3O4S2. The molecular weight excluding hydrogens is 362 g/mol. The lowest BCUT2D eigenvalue weighted by molar-refractivity contribution is 0.150. The van der Waals surface area contributed by atoms with Gasteiger partial charge in [0.05, 0.1) is 12.2 Å². The van der Waals surface area contributed by atoms with Gasteiger partial charge in [-0.15, -0.1) is 11.3 Å². The molecule has 1 saturated heterocycles. The van der Waals surface area contributed by atoms with Crippen LogP contribution in [-0.2, 0) is 16.7 Å². The van der Waals surface area contributed by atoms with E-state index < -0.39 is 15.8 Å². The Hall–Kier alpha value is -1.94. The molecule has 0 amide bonds. The standard InChI is InChI=1S/C16H17N3O4S2/c20-16-19(13-4-1-2-5-14(13)23-16)12-17-7-9-18(10-8-17)25(21,22)15-6-3-11-24-15/h1-6,11H,7-10,12H2. The van der Waals surface area contributed by atoms with Crippen LogP contribution in [0.15, 0.2) is 55.2 Å². The molecule has 2 aromatic heterocycles. The first-order valence-electron chi connectivity index (χ1n) is 7.90. The number of hydrogen-bond acceptors (Lipinski definition) is 6. The van der Waals surface area contributed by atoms with Crippen molar-refractivity contribution in [3.8, 4) is 0 Å². The number of para-hydroxylation sites is 2. The van der Waals surface area contributed by atoms with E-state index in [9.17, 15) is 13.2 Å². The van der Waals surface area contributed by atoms with Gasteiger partial charge in [-0.05, 0) is 23.6 Å². The molecule has 0 atom stereocenters. The van der Waals surface area contributed by atoms with Gasteiger partial charge in [0.15, 0.2) is 5.58 Å². The van der Waals surface area contributed by atoms with E-state index in [2.05, 4.69) is 4.90 Å². The Bertz CT molecular complexity index is 1030. The third-order valence-electron chi connectivity index (χ3n) is 4.34. The number of hydrogen-bond donors (Lipinski definition) is 0. The van der Waals surface area contributed by atoms with Crippen LogP contribution < -0.4 is 5.76 Å². The predicted molar refractivity (Wildman–Crippen MR) is 95.1 cm³/mol. The Morgan fingerprint density at radius 3 is 2.52 bits per heavy atom. The topological polar surface area (TPSA) is 75.8 Å². The van der Waals surface area contributed by atoms with Crippen molar-refractivity contribution in [2.45, 2.75) is 10.9 Å². The highest BCUT2D eigenvalue weighted by Crippen LogP contribution is 2.22. The van der Waals surface area contributed by atoms with E-state index in [-0.39, 0.29) is 0 Å². The molecule has 7 nitrogen and oxygen atoms in total. The Morgan fingerprint density at radius 2 is 1.80 bits per heavy atom. The summed E-state index contributed by atoms with van der Waals surface area (Å²) >= 11 is 1.23. The van der Waals surface area contributed by atoms with Gasteiger partial charge in [-0.3, -0.25) is 9.47 Å². The Kier molecular flexibility index (Phi) is 4.24. The Labute approximate surface area is 148 Å². The molecule has 132 valence electrons. The summed E-state index contributed by atoms with van der Waals surface area (Å²) in [4.78, 5) is 14.1. The highest BCUT2D eigenvalue weighted by atomic mass is 32.2. The minimum absolute atomic E-state index is 0.373. The summed E-state index contributed by atoms with van der Waals surface area (Å²) < 4.78 is 33.8. The number of sulfonamides is 1. The average molecular weight is 379 g/mol. The molecule has 1 aliphatic heterocycles. The molecule has 4 rings (SSSR count). The fraction of sp³-hybridized carbons (Fsp3) is 0.312. The number of aromatic nitrogens is 1. The van der Waals surface area contributed by atoms with E-state index in [1.54, 1.807) is 28.1 Å². The highest BCUT2D eigenvalue weighted by molar-refractivity contribution is 7.91. The average Bonchev–Trinajstić information content (AvgIpc) is 3.25. The van der Waals surface area contributed by atoms with E-state index in [1.165, 1.54) is 15.6 Å². The Balaban J connectivity index is 1.47. The summed E-state index contributed by atoms with van der Waals surface area (Å²) in [6.45, 7) is 2.34. The van der Waals surface area contributed by atoms with Crippen molar-refractivity contribution in [2.24, 2.45) is 0 Å². The van der Waals surface area contributed by atoms with Crippen molar-refractivity contribution >= 4 is 32.5 Å². The maximum absolute atomic E-state index is 12.5. The number of rotatable bonds is 4. The third-order valence-corrected chi connectivity index (χ3v) is 7.61. The lowest BCUT2D eigenvalue weighted by atomic mass is 10.3. The molecule has 0 N–H and O–H groups in total. The fourth-order valence-corrected chi connectivity index (χ4v) is 5.56. The number of fused-ring (bicyclic) bond motifs is 1. The highest BCUT2D eigenvalue weighted by Gasteiger charge is 2.29. The molecule has 1 aromatic carbocycles. The van der Waals surface area contributed by atoms with Gasteiger partial charge in [0.2, 0.25) is 0 Å². The maximum Gasteiger partial charge on any atom is 0.421 e. The zero-order chi connectivity index (χ0) is 17.4. The lowest BCUT2D eigenvalue weighted by Gasteiger charge is -2.33. The predicted octanol–water partition coefficient (Wildman–Crippen LogP) is 1.62. The van der Waals surface area contributed by atoms with Crippen molar-refractivity contribution in [3.63, 3.8) is 0 Å². The van der Waals surface area contributed by atoms with E-state index in [0.29, 0.717) is 42.6 Å². The third kappa shape index (κ3) is 3.04. The molecule has 9 heteroatoms. The largest absolute Gasteiger partial charge is 0.421 e. The van der Waals surface area contributed by atoms with Crippen molar-refractivity contribution in [1.29, 1.82) is 0 Å². The first kappa shape index (κ1) is 16.5. The van der Waals surface area contributed by atoms with E-state index >= 15 is 0 Å². The number of oxazole rings is 1. The second-order valence-electron chi connectivity index (χ2n) is 5.86. The van der Waals surface area contributed by atoms with Crippen LogP contribution in [0, 0.1) is 0 Å². The van der Waals surface area contributed by atoms with Crippen LogP contribution >= 0.6 is 11.3 Å². The van der Waals surface area contributed by atoms with Gasteiger partial charge >= 0.3 is 5.76 Å². The van der Waals surface area contributed by atoms with Crippen LogP contribution in [0.5, 0.6) is 0 Å². The van der Waals surface area contributed by atoms with Crippen molar-refractivity contribution in [1.82, 2.24) is 13.8 Å². The maximum atomic E-state index is 12.5. The molecule has 0 radical (unpaired) electrons. The molecule has 1 fully saturated rings. The molecule has 1 aliphatic rings. The number of piperazine rings is 1.